The van der Waals surface area contributed by atoms with Crippen molar-refractivity contribution in [3.63, 3.8) is 0 Å². The molecule has 0 radical (unpaired) electrons. The smallest absolute Gasteiger partial charge is 0.315 e. The minimum Gasteiger partial charge on any atom is -0.432 e. The lowest BCUT2D eigenvalue weighted by atomic mass is 9.33. The Morgan fingerprint density at radius 1 is 0.541 bits per heavy atom. The van der Waals surface area contributed by atoms with Gasteiger partial charge in [0.05, 0.1) is 49.1 Å². The Kier molecular flexibility index (Phi) is 18.7. The number of allylic oxidation sites excluding steroid dienone is 1. The first-order valence-corrected chi connectivity index (χ1v) is 30.6. The monoisotopic (exact) mass is 1220 g/mol. The maximum atomic E-state index is 15.4. The number of hydrogen-bond acceptors (Lipinski definition) is 26. The van der Waals surface area contributed by atoms with Crippen LogP contribution in [0.2, 0.25) is 0 Å². The van der Waals surface area contributed by atoms with Crippen LogP contribution in [-0.4, -0.2) is 262 Å². The van der Waals surface area contributed by atoms with Crippen LogP contribution < -0.4 is 0 Å². The largest absolute Gasteiger partial charge is 0.432 e. The Bertz CT molecular complexity index is 2380. The fourth-order valence-corrected chi connectivity index (χ4v) is 17.8. The number of ether oxygens (including phenoxy) is 10. The summed E-state index contributed by atoms with van der Waals surface area (Å²) in [5, 5.41) is 164. The molecule has 85 heavy (non-hydrogen) atoms. The van der Waals surface area contributed by atoms with Crippen molar-refractivity contribution < 1.29 is 129 Å². The van der Waals surface area contributed by atoms with E-state index < -0.39 is 200 Å². The molecule has 0 aromatic rings. The van der Waals surface area contributed by atoms with E-state index in [-0.39, 0.29) is 41.6 Å². The zero-order valence-corrected chi connectivity index (χ0v) is 50.0. The highest BCUT2D eigenvalue weighted by Gasteiger charge is 2.72. The Labute approximate surface area is 494 Å². The molecule has 26 heteroatoms. The molecular weight excluding hydrogens is 1120 g/mol. The van der Waals surface area contributed by atoms with Gasteiger partial charge in [0.25, 0.3) is 0 Å². The number of carbonyl (C=O) groups excluding carboxylic acids is 1. The summed E-state index contributed by atoms with van der Waals surface area (Å²) in [5.74, 6) is -1.66. The Balaban J connectivity index is 0.916. The van der Waals surface area contributed by atoms with Crippen molar-refractivity contribution in [2.24, 2.45) is 50.7 Å². The summed E-state index contributed by atoms with van der Waals surface area (Å²) in [4.78, 5) is 15.4. The number of rotatable bonds is 12. The van der Waals surface area contributed by atoms with E-state index in [1.807, 2.05) is 6.92 Å². The van der Waals surface area contributed by atoms with E-state index >= 15 is 4.79 Å². The van der Waals surface area contributed by atoms with Crippen molar-refractivity contribution in [3.05, 3.63) is 11.6 Å². The lowest BCUT2D eigenvalue weighted by Crippen LogP contribution is -2.69. The third kappa shape index (κ3) is 10.7. The van der Waals surface area contributed by atoms with Gasteiger partial charge in [-0.25, -0.2) is 0 Å². The lowest BCUT2D eigenvalue weighted by Gasteiger charge is -2.72. The molecule has 9 fully saturated rings. The van der Waals surface area contributed by atoms with Gasteiger partial charge in [0, 0.05) is 5.92 Å². The molecule has 0 amide bonds. The van der Waals surface area contributed by atoms with E-state index in [9.17, 15) is 76.6 Å². The summed E-state index contributed by atoms with van der Waals surface area (Å²) in [7, 11) is 0. The molecule has 0 aromatic heterocycles. The first-order valence-electron chi connectivity index (χ1n) is 30.6. The molecule has 26 nitrogen and oxygen atoms in total. The zero-order chi connectivity index (χ0) is 62.2. The van der Waals surface area contributed by atoms with E-state index in [2.05, 4.69) is 40.7 Å². The van der Waals surface area contributed by atoms with E-state index in [4.69, 9.17) is 47.4 Å². The molecule has 0 unspecified atom stereocenters. The first kappa shape index (κ1) is 66.2. The highest BCUT2D eigenvalue weighted by Crippen LogP contribution is 2.76. The second kappa shape index (κ2) is 24.1. The first-order chi connectivity index (χ1) is 39.7. The van der Waals surface area contributed by atoms with Crippen molar-refractivity contribution >= 4 is 5.97 Å². The van der Waals surface area contributed by atoms with Crippen molar-refractivity contribution in [1.29, 1.82) is 0 Å². The molecule has 10 aliphatic rings. The zero-order valence-electron chi connectivity index (χ0n) is 50.0. The van der Waals surface area contributed by atoms with Crippen LogP contribution in [0.15, 0.2) is 11.6 Å². The summed E-state index contributed by atoms with van der Waals surface area (Å²) in [6, 6.07) is 0. The molecule has 5 saturated heterocycles. The van der Waals surface area contributed by atoms with Crippen molar-refractivity contribution in [1.82, 2.24) is 0 Å². The van der Waals surface area contributed by atoms with Gasteiger partial charge in [0.15, 0.2) is 31.3 Å². The summed E-state index contributed by atoms with van der Waals surface area (Å²) >= 11 is 0. The van der Waals surface area contributed by atoms with Gasteiger partial charge in [-0.15, -0.1) is 0 Å². The van der Waals surface area contributed by atoms with Crippen LogP contribution in [0, 0.1) is 50.7 Å². The SMILES string of the molecule is C[C@@H]1O[C@@H](O[C@H]2[C@H](OC(=O)[C@]34CC[C@@H](C)[C@@](C)(O)[C@H]3C3=CC[C@@H]5[C@@]6(C)CC[C@H](O[C@H]7OC[C@H](O)[C@H](O[C@@H]8O[C@H](CO)[C@@H](O)[C@H](O)[C@H]8O)[C@H]7O[C@@H]7O[C@@H](C)[C@H](O)[C@@H](O)[C@H]7O)C(C)(C)[C@@H]6CC[C@@]5(C)[C@]3(C)CC4)O[C@H](CO)[C@@H](O)[C@@H]2O)[C@H](O)[C@H](O)[C@H]1O. The normalized spacial score (nSPS) is 56.1. The van der Waals surface area contributed by atoms with Crippen LogP contribution in [0.25, 0.3) is 0 Å². The number of aliphatic hydroxyl groups excluding tert-OH is 14. The van der Waals surface area contributed by atoms with Crippen molar-refractivity contribution in [3.8, 4) is 0 Å². The molecule has 0 spiro atoms. The van der Waals surface area contributed by atoms with E-state index in [0.29, 0.717) is 38.5 Å². The highest BCUT2D eigenvalue weighted by atomic mass is 16.8. The third-order valence-corrected chi connectivity index (χ3v) is 23.5. The van der Waals surface area contributed by atoms with Crippen LogP contribution >= 0.6 is 0 Å². The average Bonchev–Trinajstić information content (AvgIpc) is 0.682. The molecule has 4 saturated carbocycles. The van der Waals surface area contributed by atoms with E-state index in [1.54, 1.807) is 6.92 Å². The third-order valence-electron chi connectivity index (χ3n) is 23.5. The summed E-state index contributed by atoms with van der Waals surface area (Å²) in [6.07, 6.45) is -31.7. The van der Waals surface area contributed by atoms with Gasteiger partial charge in [-0.1, -0.05) is 53.2 Å². The van der Waals surface area contributed by atoms with Crippen LogP contribution in [0.1, 0.15) is 120 Å². The molecule has 0 bridgehead atoms. The van der Waals surface area contributed by atoms with E-state index in [0.717, 1.165) is 18.4 Å². The van der Waals surface area contributed by atoms with Gasteiger partial charge in [-0.05, 0) is 118 Å². The van der Waals surface area contributed by atoms with Crippen LogP contribution in [-0.2, 0) is 52.2 Å². The summed E-state index contributed by atoms with van der Waals surface area (Å²) in [5.41, 5.74) is -3.68. The predicted octanol–water partition coefficient (Wildman–Crippen LogP) is -2.55. The van der Waals surface area contributed by atoms with Crippen molar-refractivity contribution in [2.75, 3.05) is 19.8 Å². The van der Waals surface area contributed by atoms with Gasteiger partial charge in [-0.3, -0.25) is 4.79 Å². The average molecular weight is 1220 g/mol. The Hall–Kier alpha value is -1.75. The molecule has 5 aliphatic heterocycles. The number of hydrogen-bond donors (Lipinski definition) is 15. The van der Waals surface area contributed by atoms with Crippen LogP contribution in [0.5, 0.6) is 0 Å². The predicted molar refractivity (Wildman–Crippen MR) is 288 cm³/mol. The molecule has 10 rings (SSSR count). The molecule has 34 atom stereocenters. The maximum absolute atomic E-state index is 15.4. The van der Waals surface area contributed by atoms with Crippen LogP contribution in [0.4, 0.5) is 0 Å². The molecule has 0 aromatic carbocycles. The second-order valence-corrected chi connectivity index (χ2v) is 28.3. The summed E-state index contributed by atoms with van der Waals surface area (Å²) in [6.45, 7) is 15.9. The molecular formula is C59H96O26. The number of esters is 1. The fraction of sp³-hybridized carbons (Fsp3) is 0.949. The summed E-state index contributed by atoms with van der Waals surface area (Å²) < 4.78 is 61.3. The van der Waals surface area contributed by atoms with Crippen LogP contribution in [0.3, 0.4) is 0 Å². The van der Waals surface area contributed by atoms with Gasteiger partial charge < -0.3 is 124 Å². The van der Waals surface area contributed by atoms with Crippen molar-refractivity contribution in [2.45, 2.75) is 279 Å². The maximum Gasteiger partial charge on any atom is 0.315 e. The standard InChI is InChI=1S/C59H96O26/c1-23-12-17-59(53(74)85-52-45(40(70)36(66)29(21-61)80-52)83-48-41(71)37(67)33(63)24(2)77-48)19-18-56(7)26(47(59)58(23,9)75)10-11-31-55(6)15-14-32(54(4,5)30(55)13-16-57(31,56)8)81-51-46(84-49-42(72)38(68)34(64)25(3)78-49)44(27(62)22-76-51)82-50-43(73)39(69)35(65)28(20-60)79-50/h10,23-25,27-52,60-73,75H,11-22H2,1-9H3/t23-,24+,25+,27+,28-,29-,30+,31-,32+,33+,34+,35-,36-,37-,38-,39+,40+,41-,42-,43-,44+,45-,46-,47-,48+,49+,50+,51-,52+,55+,56-,57-,58-,59+/m1/s1. The Morgan fingerprint density at radius 2 is 1.07 bits per heavy atom. The quantitative estimate of drug-likeness (QED) is 0.0544. The Morgan fingerprint density at radius 3 is 1.66 bits per heavy atom. The minimum atomic E-state index is -1.86. The topological polar surface area (TPSA) is 413 Å². The van der Waals surface area contributed by atoms with Gasteiger partial charge in [0.1, 0.15) is 97.7 Å². The van der Waals surface area contributed by atoms with Gasteiger partial charge in [0.2, 0.25) is 6.29 Å². The molecule has 15 N–H and O–H groups in total. The molecule has 5 heterocycles. The van der Waals surface area contributed by atoms with E-state index in [1.165, 1.54) is 13.8 Å². The molecule has 488 valence electrons. The van der Waals surface area contributed by atoms with Gasteiger partial charge >= 0.3 is 5.97 Å². The fourth-order valence-electron chi connectivity index (χ4n) is 17.8. The number of aliphatic hydroxyl groups is 15. The lowest BCUT2D eigenvalue weighted by molar-refractivity contribution is -0.388. The minimum absolute atomic E-state index is 0.0282. The van der Waals surface area contributed by atoms with Gasteiger partial charge in [-0.2, -0.15) is 0 Å². The number of carbonyl (C=O) groups is 1. The molecule has 5 aliphatic carbocycles. The number of fused-ring (bicyclic) bond motifs is 7. The second-order valence-electron chi connectivity index (χ2n) is 28.3. The highest BCUT2D eigenvalue weighted by molar-refractivity contribution is 5.79.